The van der Waals surface area contributed by atoms with Crippen LogP contribution in [0.2, 0.25) is 5.02 Å². The molecule has 0 aliphatic carbocycles. The van der Waals surface area contributed by atoms with Gasteiger partial charge in [-0.2, -0.15) is 0 Å². The summed E-state index contributed by atoms with van der Waals surface area (Å²) in [6, 6.07) is 18.7. The number of para-hydroxylation sites is 1. The van der Waals surface area contributed by atoms with Gasteiger partial charge in [-0.3, -0.25) is 4.79 Å². The molecule has 0 fully saturated rings. The fourth-order valence-electron chi connectivity index (χ4n) is 2.97. The van der Waals surface area contributed by atoms with Crippen molar-refractivity contribution in [2.24, 2.45) is 0 Å². The number of nitrogens with one attached hydrogen (secondary N) is 2. The first-order valence-electron chi connectivity index (χ1n) is 10.1. The van der Waals surface area contributed by atoms with Gasteiger partial charge in [-0.15, -0.1) is 0 Å². The number of hydrogen-bond acceptors (Lipinski definition) is 7. The average Bonchev–Trinajstić information content (AvgIpc) is 3.30. The van der Waals surface area contributed by atoms with E-state index in [9.17, 15) is 13.2 Å². The fourth-order valence-corrected chi connectivity index (χ4v) is 4.97. The van der Waals surface area contributed by atoms with Crippen LogP contribution in [0.5, 0.6) is 0 Å². The molecule has 0 aliphatic heterocycles. The van der Waals surface area contributed by atoms with Crippen molar-refractivity contribution >= 4 is 61.4 Å². The van der Waals surface area contributed by atoms with Crippen molar-refractivity contribution in [3.63, 3.8) is 0 Å². The van der Waals surface area contributed by atoms with Crippen molar-refractivity contribution in [2.45, 2.75) is 11.8 Å². The normalized spacial score (nSPS) is 11.5. The number of aryl methyl sites for hydroxylation is 1. The molecule has 1 amide bonds. The second-order valence-corrected chi connectivity index (χ2v) is 10.4. The minimum atomic E-state index is -3.57. The standard InChI is InChI=1S/C24H19ClN4O3S2/c1-16-7-5-11-19(25)22(16)29-23(30)20-15-26-24(33-20)28-21-12-6-8-17(27-21)13-14-34(31,32)18-9-3-2-4-10-18/h2-15H,1H3,(H,29,30)(H,26,27,28)/b14-13+. The maximum Gasteiger partial charge on any atom is 0.267 e. The van der Waals surface area contributed by atoms with E-state index < -0.39 is 9.84 Å². The zero-order valence-electron chi connectivity index (χ0n) is 17.9. The monoisotopic (exact) mass is 510 g/mol. The highest BCUT2D eigenvalue weighted by Gasteiger charge is 2.14. The second kappa shape index (κ2) is 10.2. The lowest BCUT2D eigenvalue weighted by atomic mass is 10.2. The Morgan fingerprint density at radius 3 is 2.56 bits per heavy atom. The Kier molecular flexibility index (Phi) is 7.06. The van der Waals surface area contributed by atoms with Gasteiger partial charge in [-0.25, -0.2) is 18.4 Å². The van der Waals surface area contributed by atoms with Crippen LogP contribution in [0.15, 0.2) is 83.2 Å². The van der Waals surface area contributed by atoms with Crippen molar-refractivity contribution < 1.29 is 13.2 Å². The quantitative estimate of drug-likeness (QED) is 0.319. The largest absolute Gasteiger partial charge is 0.320 e. The summed E-state index contributed by atoms with van der Waals surface area (Å²) < 4.78 is 24.9. The summed E-state index contributed by atoms with van der Waals surface area (Å²) in [6.07, 6.45) is 2.89. The van der Waals surface area contributed by atoms with E-state index in [0.717, 1.165) is 22.3 Å². The van der Waals surface area contributed by atoms with Crippen LogP contribution >= 0.6 is 22.9 Å². The fraction of sp³-hybridized carbons (Fsp3) is 0.0417. The van der Waals surface area contributed by atoms with Crippen molar-refractivity contribution in [3.8, 4) is 0 Å². The van der Waals surface area contributed by atoms with Gasteiger partial charge in [0, 0.05) is 5.41 Å². The third-order valence-electron chi connectivity index (χ3n) is 4.69. The van der Waals surface area contributed by atoms with E-state index in [1.54, 1.807) is 42.5 Å². The number of carbonyl (C=O) groups excluding carboxylic acids is 1. The SMILES string of the molecule is Cc1cccc(Cl)c1NC(=O)c1cnc(Nc2cccc(/C=C/S(=O)(=O)c3ccccc3)n2)s1. The van der Waals surface area contributed by atoms with Gasteiger partial charge in [0.2, 0.25) is 0 Å². The predicted molar refractivity (Wildman–Crippen MR) is 136 cm³/mol. The van der Waals surface area contributed by atoms with Gasteiger partial charge >= 0.3 is 0 Å². The summed E-state index contributed by atoms with van der Waals surface area (Å²) in [5, 5.41) is 7.90. The molecular weight excluding hydrogens is 492 g/mol. The predicted octanol–water partition coefficient (Wildman–Crippen LogP) is 5.94. The maximum atomic E-state index is 12.6. The summed E-state index contributed by atoms with van der Waals surface area (Å²) in [4.78, 5) is 21.9. The maximum absolute atomic E-state index is 12.6. The molecule has 0 spiro atoms. The molecule has 2 N–H and O–H groups in total. The summed E-state index contributed by atoms with van der Waals surface area (Å²) in [7, 11) is -3.57. The summed E-state index contributed by atoms with van der Waals surface area (Å²) in [5.41, 5.74) is 1.86. The van der Waals surface area contributed by atoms with Gasteiger partial charge in [0.05, 0.1) is 27.5 Å². The smallest absolute Gasteiger partial charge is 0.267 e. The number of thiazole rings is 1. The van der Waals surface area contributed by atoms with Crippen molar-refractivity contribution in [3.05, 3.63) is 99.5 Å². The first-order chi connectivity index (χ1) is 16.3. The van der Waals surface area contributed by atoms with Crippen LogP contribution in [0, 0.1) is 6.92 Å². The molecule has 0 saturated heterocycles. The molecule has 0 saturated carbocycles. The highest BCUT2D eigenvalue weighted by Crippen LogP contribution is 2.28. The molecule has 10 heteroatoms. The summed E-state index contributed by atoms with van der Waals surface area (Å²) in [5.74, 6) is 0.139. The van der Waals surface area contributed by atoms with Gasteiger partial charge in [-0.1, -0.05) is 59.3 Å². The van der Waals surface area contributed by atoms with E-state index in [4.69, 9.17) is 11.6 Å². The molecule has 0 unspecified atom stereocenters. The second-order valence-electron chi connectivity index (χ2n) is 7.15. The van der Waals surface area contributed by atoms with Crippen molar-refractivity contribution in [2.75, 3.05) is 10.6 Å². The van der Waals surface area contributed by atoms with Crippen LogP contribution in [-0.2, 0) is 9.84 Å². The number of aromatic nitrogens is 2. The molecule has 4 aromatic rings. The molecule has 0 bridgehead atoms. The molecule has 2 aromatic heterocycles. The van der Waals surface area contributed by atoms with Crippen LogP contribution in [0.3, 0.4) is 0 Å². The van der Waals surface area contributed by atoms with Gasteiger partial charge in [-0.05, 0) is 48.9 Å². The van der Waals surface area contributed by atoms with E-state index in [2.05, 4.69) is 20.6 Å². The van der Waals surface area contributed by atoms with E-state index in [-0.39, 0.29) is 10.8 Å². The zero-order valence-corrected chi connectivity index (χ0v) is 20.3. The Morgan fingerprint density at radius 1 is 1.03 bits per heavy atom. The number of carbonyl (C=O) groups is 1. The van der Waals surface area contributed by atoms with Gasteiger partial charge in [0.15, 0.2) is 15.0 Å². The first-order valence-corrected chi connectivity index (χ1v) is 12.8. The van der Waals surface area contributed by atoms with Crippen LogP contribution in [-0.4, -0.2) is 24.3 Å². The number of pyridine rings is 1. The van der Waals surface area contributed by atoms with Crippen LogP contribution < -0.4 is 10.6 Å². The topological polar surface area (TPSA) is 101 Å². The van der Waals surface area contributed by atoms with Crippen LogP contribution in [0.25, 0.3) is 6.08 Å². The lowest BCUT2D eigenvalue weighted by Gasteiger charge is -2.08. The number of hydrogen-bond donors (Lipinski definition) is 2. The number of halogens is 1. The number of anilines is 3. The lowest BCUT2D eigenvalue weighted by Crippen LogP contribution is -2.11. The van der Waals surface area contributed by atoms with Crippen LogP contribution in [0.1, 0.15) is 20.9 Å². The molecule has 2 heterocycles. The molecule has 0 atom stereocenters. The number of nitrogens with zero attached hydrogens (tertiary/aromatic N) is 2. The van der Waals surface area contributed by atoms with Crippen LogP contribution in [0.4, 0.5) is 16.6 Å². The Morgan fingerprint density at radius 2 is 1.79 bits per heavy atom. The summed E-state index contributed by atoms with van der Waals surface area (Å²) >= 11 is 7.34. The molecule has 2 aromatic carbocycles. The number of rotatable bonds is 7. The number of sulfone groups is 1. The molecule has 4 rings (SSSR count). The Hall–Kier alpha value is -3.53. The minimum Gasteiger partial charge on any atom is -0.320 e. The molecule has 172 valence electrons. The van der Waals surface area contributed by atoms with Crippen molar-refractivity contribution in [1.82, 2.24) is 9.97 Å². The Labute approximate surface area is 206 Å². The Bertz CT molecular complexity index is 1450. The van der Waals surface area contributed by atoms with Crippen molar-refractivity contribution in [1.29, 1.82) is 0 Å². The van der Waals surface area contributed by atoms with E-state index in [0.29, 0.717) is 32.2 Å². The molecule has 34 heavy (non-hydrogen) atoms. The molecule has 0 radical (unpaired) electrons. The first kappa shape index (κ1) is 23.6. The highest BCUT2D eigenvalue weighted by molar-refractivity contribution is 7.94. The van der Waals surface area contributed by atoms with E-state index >= 15 is 0 Å². The molecule has 7 nitrogen and oxygen atoms in total. The third-order valence-corrected chi connectivity index (χ3v) is 7.34. The van der Waals surface area contributed by atoms with E-state index in [1.807, 2.05) is 19.1 Å². The third kappa shape index (κ3) is 5.69. The minimum absolute atomic E-state index is 0.209. The lowest BCUT2D eigenvalue weighted by molar-refractivity contribution is 0.103. The van der Waals surface area contributed by atoms with E-state index in [1.165, 1.54) is 24.4 Å². The van der Waals surface area contributed by atoms with Gasteiger partial charge < -0.3 is 10.6 Å². The Balaban J connectivity index is 1.45. The number of benzene rings is 2. The van der Waals surface area contributed by atoms with Gasteiger partial charge in [0.1, 0.15) is 10.7 Å². The molecular formula is C24H19ClN4O3S2. The highest BCUT2D eigenvalue weighted by atomic mass is 35.5. The average molecular weight is 511 g/mol. The van der Waals surface area contributed by atoms with Gasteiger partial charge in [0.25, 0.3) is 5.91 Å². The molecule has 0 aliphatic rings. The zero-order chi connectivity index (χ0) is 24.1. The summed E-state index contributed by atoms with van der Waals surface area (Å²) in [6.45, 7) is 1.86. The number of amides is 1.